The quantitative estimate of drug-likeness (QED) is 0.814. The van der Waals surface area contributed by atoms with Crippen molar-refractivity contribution in [2.45, 2.75) is 13.5 Å². The van der Waals surface area contributed by atoms with Crippen LogP contribution in [0.2, 0.25) is 0 Å². The molecule has 15 heavy (non-hydrogen) atoms. The van der Waals surface area contributed by atoms with Crippen LogP contribution in [0.25, 0.3) is 0 Å². The highest BCUT2D eigenvalue weighted by molar-refractivity contribution is 5.35. The SMILES string of the molecule is Cc1cn(Cc2cccc(F)c2)nc1N. The zero-order valence-corrected chi connectivity index (χ0v) is 8.44. The monoisotopic (exact) mass is 205 g/mol. The Bertz CT molecular complexity index is 457. The Morgan fingerprint density at radius 2 is 2.27 bits per heavy atom. The molecule has 0 atom stereocenters. The van der Waals surface area contributed by atoms with E-state index in [4.69, 9.17) is 5.73 Å². The molecule has 0 bridgehead atoms. The lowest BCUT2D eigenvalue weighted by Gasteiger charge is -2.01. The number of anilines is 1. The standard InChI is InChI=1S/C11H12FN3/c1-8-6-15(14-11(8)13)7-9-3-2-4-10(12)5-9/h2-6H,7H2,1H3,(H2,13,14). The normalized spacial score (nSPS) is 10.5. The maximum absolute atomic E-state index is 12.9. The van der Waals surface area contributed by atoms with Gasteiger partial charge in [0, 0.05) is 11.8 Å². The molecular formula is C11H12FN3. The van der Waals surface area contributed by atoms with Crippen LogP contribution < -0.4 is 5.73 Å². The highest BCUT2D eigenvalue weighted by Crippen LogP contribution is 2.10. The van der Waals surface area contributed by atoms with E-state index >= 15 is 0 Å². The number of nitrogens with two attached hydrogens (primary N) is 1. The predicted molar refractivity (Wildman–Crippen MR) is 56.9 cm³/mol. The molecule has 0 saturated carbocycles. The van der Waals surface area contributed by atoms with Gasteiger partial charge in [0.2, 0.25) is 0 Å². The van der Waals surface area contributed by atoms with Crippen LogP contribution in [0.4, 0.5) is 10.2 Å². The first kappa shape index (κ1) is 9.71. The summed E-state index contributed by atoms with van der Waals surface area (Å²) in [4.78, 5) is 0. The predicted octanol–water partition coefficient (Wildman–Crippen LogP) is 1.96. The zero-order chi connectivity index (χ0) is 10.8. The fourth-order valence-electron chi connectivity index (χ4n) is 1.44. The van der Waals surface area contributed by atoms with E-state index in [0.29, 0.717) is 12.4 Å². The summed E-state index contributed by atoms with van der Waals surface area (Å²) in [6, 6.07) is 6.46. The Kier molecular flexibility index (Phi) is 2.41. The first-order valence-electron chi connectivity index (χ1n) is 4.69. The number of aromatic nitrogens is 2. The highest BCUT2D eigenvalue weighted by atomic mass is 19.1. The number of benzene rings is 1. The topological polar surface area (TPSA) is 43.8 Å². The van der Waals surface area contributed by atoms with Gasteiger partial charge >= 0.3 is 0 Å². The van der Waals surface area contributed by atoms with Crippen LogP contribution in [-0.2, 0) is 6.54 Å². The van der Waals surface area contributed by atoms with Gasteiger partial charge < -0.3 is 5.73 Å². The van der Waals surface area contributed by atoms with Gasteiger partial charge in [-0.2, -0.15) is 5.10 Å². The van der Waals surface area contributed by atoms with Gasteiger partial charge in [0.15, 0.2) is 0 Å². The molecule has 0 unspecified atom stereocenters. The summed E-state index contributed by atoms with van der Waals surface area (Å²) in [5, 5.41) is 4.11. The van der Waals surface area contributed by atoms with Crippen LogP contribution >= 0.6 is 0 Å². The Labute approximate surface area is 87.3 Å². The van der Waals surface area contributed by atoms with E-state index in [0.717, 1.165) is 11.1 Å². The minimum atomic E-state index is -0.232. The van der Waals surface area contributed by atoms with Gasteiger partial charge in [-0.15, -0.1) is 0 Å². The zero-order valence-electron chi connectivity index (χ0n) is 8.44. The first-order valence-corrected chi connectivity index (χ1v) is 4.69. The van der Waals surface area contributed by atoms with Crippen LogP contribution in [0.1, 0.15) is 11.1 Å². The second-order valence-corrected chi connectivity index (χ2v) is 3.52. The molecule has 1 aromatic heterocycles. The lowest BCUT2D eigenvalue weighted by Crippen LogP contribution is -2.01. The Balaban J connectivity index is 2.22. The van der Waals surface area contributed by atoms with Crippen molar-refractivity contribution in [3.63, 3.8) is 0 Å². The number of hydrogen-bond donors (Lipinski definition) is 1. The van der Waals surface area contributed by atoms with Crippen molar-refractivity contribution in [2.24, 2.45) is 0 Å². The summed E-state index contributed by atoms with van der Waals surface area (Å²) in [6.07, 6.45) is 1.85. The van der Waals surface area contributed by atoms with E-state index in [9.17, 15) is 4.39 Å². The summed E-state index contributed by atoms with van der Waals surface area (Å²) < 4.78 is 14.6. The van der Waals surface area contributed by atoms with Gasteiger partial charge in [0.1, 0.15) is 11.6 Å². The van der Waals surface area contributed by atoms with Crippen LogP contribution in [-0.4, -0.2) is 9.78 Å². The molecule has 2 N–H and O–H groups in total. The van der Waals surface area contributed by atoms with E-state index in [1.54, 1.807) is 10.7 Å². The Morgan fingerprint density at radius 1 is 1.47 bits per heavy atom. The van der Waals surface area contributed by atoms with Gasteiger partial charge in [0.05, 0.1) is 6.54 Å². The van der Waals surface area contributed by atoms with Crippen molar-refractivity contribution in [3.8, 4) is 0 Å². The van der Waals surface area contributed by atoms with E-state index < -0.39 is 0 Å². The molecule has 0 saturated heterocycles. The maximum atomic E-state index is 12.9. The van der Waals surface area contributed by atoms with Crippen molar-refractivity contribution in [1.82, 2.24) is 9.78 Å². The molecule has 0 aliphatic heterocycles. The van der Waals surface area contributed by atoms with Gasteiger partial charge in [0.25, 0.3) is 0 Å². The molecule has 0 aliphatic carbocycles. The molecule has 3 nitrogen and oxygen atoms in total. The average Bonchev–Trinajstić information content (AvgIpc) is 2.45. The molecule has 2 aromatic rings. The van der Waals surface area contributed by atoms with Crippen LogP contribution in [0, 0.1) is 12.7 Å². The third kappa shape index (κ3) is 2.15. The molecule has 4 heteroatoms. The number of aryl methyl sites for hydroxylation is 1. The van der Waals surface area contributed by atoms with E-state index in [1.165, 1.54) is 12.1 Å². The summed E-state index contributed by atoms with van der Waals surface area (Å²) in [6.45, 7) is 2.43. The van der Waals surface area contributed by atoms with E-state index in [-0.39, 0.29) is 5.82 Å². The molecule has 2 rings (SSSR count). The smallest absolute Gasteiger partial charge is 0.148 e. The molecule has 78 valence electrons. The Hall–Kier alpha value is -1.84. The van der Waals surface area contributed by atoms with Gasteiger partial charge in [-0.25, -0.2) is 4.39 Å². The molecule has 1 aromatic carbocycles. The molecule has 0 radical (unpaired) electrons. The summed E-state index contributed by atoms with van der Waals surface area (Å²) in [7, 11) is 0. The van der Waals surface area contributed by atoms with Crippen molar-refractivity contribution >= 4 is 5.82 Å². The van der Waals surface area contributed by atoms with E-state index in [1.807, 2.05) is 19.2 Å². The lowest BCUT2D eigenvalue weighted by atomic mass is 10.2. The average molecular weight is 205 g/mol. The highest BCUT2D eigenvalue weighted by Gasteiger charge is 2.02. The van der Waals surface area contributed by atoms with Crippen molar-refractivity contribution < 1.29 is 4.39 Å². The third-order valence-electron chi connectivity index (χ3n) is 2.22. The molecule has 1 heterocycles. The number of nitrogens with zero attached hydrogens (tertiary/aromatic N) is 2. The minimum absolute atomic E-state index is 0.232. The lowest BCUT2D eigenvalue weighted by molar-refractivity contribution is 0.619. The Morgan fingerprint density at radius 3 is 2.87 bits per heavy atom. The molecular weight excluding hydrogens is 193 g/mol. The molecule has 0 fully saturated rings. The summed E-state index contributed by atoms with van der Waals surface area (Å²) in [5.41, 5.74) is 7.43. The van der Waals surface area contributed by atoms with Crippen LogP contribution in [0.3, 0.4) is 0 Å². The van der Waals surface area contributed by atoms with Crippen molar-refractivity contribution in [1.29, 1.82) is 0 Å². The number of halogens is 1. The van der Waals surface area contributed by atoms with Gasteiger partial charge in [-0.3, -0.25) is 4.68 Å². The fourth-order valence-corrected chi connectivity index (χ4v) is 1.44. The molecule has 0 spiro atoms. The summed E-state index contributed by atoms with van der Waals surface area (Å²) >= 11 is 0. The maximum Gasteiger partial charge on any atom is 0.148 e. The number of hydrogen-bond acceptors (Lipinski definition) is 2. The van der Waals surface area contributed by atoms with Gasteiger partial charge in [-0.05, 0) is 24.6 Å². The second-order valence-electron chi connectivity index (χ2n) is 3.52. The largest absolute Gasteiger partial charge is 0.382 e. The summed E-state index contributed by atoms with van der Waals surface area (Å²) in [5.74, 6) is 0.288. The van der Waals surface area contributed by atoms with Crippen molar-refractivity contribution in [3.05, 3.63) is 47.4 Å². The van der Waals surface area contributed by atoms with Crippen LogP contribution in [0.15, 0.2) is 30.5 Å². The first-order chi connectivity index (χ1) is 7.15. The third-order valence-corrected chi connectivity index (χ3v) is 2.22. The number of rotatable bonds is 2. The minimum Gasteiger partial charge on any atom is -0.382 e. The van der Waals surface area contributed by atoms with Crippen LogP contribution in [0.5, 0.6) is 0 Å². The molecule has 0 amide bonds. The van der Waals surface area contributed by atoms with Crippen molar-refractivity contribution in [2.75, 3.05) is 5.73 Å². The van der Waals surface area contributed by atoms with Gasteiger partial charge in [-0.1, -0.05) is 12.1 Å². The molecule has 0 aliphatic rings. The fraction of sp³-hybridized carbons (Fsp3) is 0.182. The number of nitrogen functional groups attached to an aromatic ring is 1. The van der Waals surface area contributed by atoms with E-state index in [2.05, 4.69) is 5.10 Å². The second kappa shape index (κ2) is 3.73.